The number of hydrogen-bond donors (Lipinski definition) is 1. The van der Waals surface area contributed by atoms with E-state index in [-0.39, 0.29) is 17.8 Å². The molecule has 1 N–H and O–H groups in total. The van der Waals surface area contributed by atoms with Gasteiger partial charge in [0.15, 0.2) is 0 Å². The van der Waals surface area contributed by atoms with Crippen molar-refractivity contribution >= 4 is 27.3 Å². The first kappa shape index (κ1) is 23.3. The van der Waals surface area contributed by atoms with Crippen LogP contribution in [0, 0.1) is 12.7 Å². The summed E-state index contributed by atoms with van der Waals surface area (Å²) in [4.78, 5) is 26.3. The van der Waals surface area contributed by atoms with Crippen LogP contribution in [0.5, 0.6) is 0 Å². The summed E-state index contributed by atoms with van der Waals surface area (Å²) in [6, 6.07) is 13.0. The predicted molar refractivity (Wildman–Crippen MR) is 122 cm³/mol. The molecule has 0 saturated heterocycles. The number of hydrogen-bond acceptors (Lipinski definition) is 4. The van der Waals surface area contributed by atoms with Gasteiger partial charge < -0.3 is 5.32 Å². The van der Waals surface area contributed by atoms with Crippen LogP contribution in [0.3, 0.4) is 0 Å². The van der Waals surface area contributed by atoms with Crippen molar-refractivity contribution in [1.82, 2.24) is 9.36 Å². The lowest BCUT2D eigenvalue weighted by atomic mass is 10.1. The van der Waals surface area contributed by atoms with Gasteiger partial charge in [-0.1, -0.05) is 37.3 Å². The van der Waals surface area contributed by atoms with Gasteiger partial charge in [0, 0.05) is 7.05 Å². The van der Waals surface area contributed by atoms with Crippen LogP contribution in [0.4, 0.5) is 15.8 Å². The lowest BCUT2D eigenvalue weighted by Crippen LogP contribution is -2.47. The number of para-hydroxylation sites is 2. The van der Waals surface area contributed by atoms with E-state index in [2.05, 4.69) is 5.32 Å². The molecule has 3 aromatic rings. The SMILES string of the molecule is CCC(C(=O)Nc1c(C)n(C)n(-c2ccccc2)c1=O)N(c1ccccc1F)S(C)(=O)=O. The Morgan fingerprint density at radius 3 is 2.28 bits per heavy atom. The fourth-order valence-electron chi connectivity index (χ4n) is 3.58. The maximum atomic E-state index is 14.4. The molecule has 1 heterocycles. The van der Waals surface area contributed by atoms with Crippen LogP contribution in [0.25, 0.3) is 5.69 Å². The van der Waals surface area contributed by atoms with Crippen molar-refractivity contribution in [3.8, 4) is 5.69 Å². The Labute approximate surface area is 185 Å². The summed E-state index contributed by atoms with van der Waals surface area (Å²) in [5.74, 6) is -1.50. The van der Waals surface area contributed by atoms with E-state index < -0.39 is 33.3 Å². The zero-order valence-corrected chi connectivity index (χ0v) is 19.1. The van der Waals surface area contributed by atoms with Crippen LogP contribution in [0.15, 0.2) is 59.4 Å². The van der Waals surface area contributed by atoms with Gasteiger partial charge in [0.1, 0.15) is 17.5 Å². The van der Waals surface area contributed by atoms with Gasteiger partial charge in [-0.25, -0.2) is 17.5 Å². The highest BCUT2D eigenvalue weighted by Crippen LogP contribution is 2.26. The fraction of sp³-hybridized carbons (Fsp3) is 0.273. The Balaban J connectivity index is 2.03. The molecule has 1 atom stereocenters. The van der Waals surface area contributed by atoms with Crippen LogP contribution < -0.4 is 15.2 Å². The van der Waals surface area contributed by atoms with E-state index in [0.29, 0.717) is 11.4 Å². The van der Waals surface area contributed by atoms with Crippen LogP contribution in [0.1, 0.15) is 19.0 Å². The third kappa shape index (κ3) is 4.31. The smallest absolute Gasteiger partial charge is 0.295 e. The van der Waals surface area contributed by atoms with Crippen molar-refractivity contribution in [2.75, 3.05) is 15.9 Å². The van der Waals surface area contributed by atoms with Gasteiger partial charge in [0.25, 0.3) is 5.56 Å². The molecule has 0 aliphatic heterocycles. The summed E-state index contributed by atoms with van der Waals surface area (Å²) in [6.07, 6.45) is 0.970. The minimum atomic E-state index is -4.01. The summed E-state index contributed by atoms with van der Waals surface area (Å²) in [7, 11) is -2.33. The average molecular weight is 461 g/mol. The second-order valence-electron chi connectivity index (χ2n) is 7.36. The zero-order valence-electron chi connectivity index (χ0n) is 18.2. The molecule has 170 valence electrons. The Morgan fingerprint density at radius 1 is 1.12 bits per heavy atom. The lowest BCUT2D eigenvalue weighted by molar-refractivity contribution is -0.117. The lowest BCUT2D eigenvalue weighted by Gasteiger charge is -2.30. The zero-order chi connectivity index (χ0) is 23.6. The normalized spacial score (nSPS) is 12.4. The Kier molecular flexibility index (Phi) is 6.54. The molecular weight excluding hydrogens is 435 g/mol. The molecule has 0 spiro atoms. The van der Waals surface area contributed by atoms with E-state index >= 15 is 0 Å². The number of halogens is 1. The van der Waals surface area contributed by atoms with Crippen LogP contribution in [0.2, 0.25) is 0 Å². The van der Waals surface area contributed by atoms with Gasteiger partial charge in [0.05, 0.1) is 23.3 Å². The number of carbonyl (C=O) groups excluding carboxylic acids is 1. The molecule has 0 aliphatic carbocycles. The average Bonchev–Trinajstić information content (AvgIpc) is 2.95. The maximum absolute atomic E-state index is 14.4. The van der Waals surface area contributed by atoms with Crippen LogP contribution in [-0.4, -0.2) is 36.0 Å². The van der Waals surface area contributed by atoms with Crippen LogP contribution in [-0.2, 0) is 21.9 Å². The molecule has 1 unspecified atom stereocenters. The number of rotatable bonds is 7. The standard InChI is InChI=1S/C22H25FN4O4S/c1-5-18(27(32(4,30)31)19-14-10-9-13-17(19)23)21(28)24-20-15(2)25(3)26(22(20)29)16-11-7-6-8-12-16/h6-14,18H,5H2,1-4H3,(H,24,28). The molecule has 3 rings (SSSR count). The first-order chi connectivity index (χ1) is 15.1. The summed E-state index contributed by atoms with van der Waals surface area (Å²) >= 11 is 0. The van der Waals surface area contributed by atoms with Crippen molar-refractivity contribution in [2.24, 2.45) is 7.05 Å². The molecule has 0 bridgehead atoms. The van der Waals surface area contributed by atoms with E-state index in [1.54, 1.807) is 49.8 Å². The molecule has 1 amide bonds. The third-order valence-corrected chi connectivity index (χ3v) is 6.39. The summed E-state index contributed by atoms with van der Waals surface area (Å²) in [5, 5.41) is 2.58. The van der Waals surface area contributed by atoms with E-state index in [1.807, 2.05) is 6.07 Å². The number of sulfonamides is 1. The number of amides is 1. The summed E-state index contributed by atoms with van der Waals surface area (Å²) in [6.45, 7) is 3.28. The van der Waals surface area contributed by atoms with Gasteiger partial charge in [-0.2, -0.15) is 0 Å². The first-order valence-electron chi connectivity index (χ1n) is 9.96. The Bertz CT molecular complexity index is 1300. The molecule has 0 fully saturated rings. The van der Waals surface area contributed by atoms with E-state index in [0.717, 1.165) is 16.6 Å². The molecule has 0 aliphatic rings. The van der Waals surface area contributed by atoms with E-state index in [9.17, 15) is 22.4 Å². The van der Waals surface area contributed by atoms with Gasteiger partial charge in [-0.15, -0.1) is 0 Å². The first-order valence-corrected chi connectivity index (χ1v) is 11.8. The second kappa shape index (κ2) is 8.99. The largest absolute Gasteiger partial charge is 0.318 e. The molecule has 32 heavy (non-hydrogen) atoms. The number of benzene rings is 2. The molecule has 0 radical (unpaired) electrons. The maximum Gasteiger partial charge on any atom is 0.295 e. The highest BCUT2D eigenvalue weighted by molar-refractivity contribution is 7.92. The van der Waals surface area contributed by atoms with Crippen molar-refractivity contribution < 1.29 is 17.6 Å². The van der Waals surface area contributed by atoms with Gasteiger partial charge in [0.2, 0.25) is 15.9 Å². The molecule has 2 aromatic carbocycles. The van der Waals surface area contributed by atoms with Crippen molar-refractivity contribution in [3.05, 3.63) is 76.5 Å². The number of anilines is 2. The third-order valence-electron chi connectivity index (χ3n) is 5.22. The highest BCUT2D eigenvalue weighted by Gasteiger charge is 2.34. The monoisotopic (exact) mass is 460 g/mol. The summed E-state index contributed by atoms with van der Waals surface area (Å²) < 4.78 is 43.2. The Morgan fingerprint density at radius 2 is 1.72 bits per heavy atom. The van der Waals surface area contributed by atoms with Crippen LogP contribution >= 0.6 is 0 Å². The minimum Gasteiger partial charge on any atom is -0.318 e. The predicted octanol–water partition coefficient (Wildman–Crippen LogP) is 2.81. The molecule has 8 nitrogen and oxygen atoms in total. The van der Waals surface area contributed by atoms with E-state index in [4.69, 9.17) is 0 Å². The van der Waals surface area contributed by atoms with Crippen molar-refractivity contribution in [2.45, 2.75) is 26.3 Å². The second-order valence-corrected chi connectivity index (χ2v) is 9.22. The van der Waals surface area contributed by atoms with Gasteiger partial charge in [-0.05, 0) is 37.6 Å². The quantitative estimate of drug-likeness (QED) is 0.587. The number of aromatic nitrogens is 2. The number of carbonyl (C=O) groups is 1. The topological polar surface area (TPSA) is 93.4 Å². The number of nitrogens with zero attached hydrogens (tertiary/aromatic N) is 3. The minimum absolute atomic E-state index is 0.0294. The Hall–Kier alpha value is -3.40. The number of nitrogens with one attached hydrogen (secondary N) is 1. The molecule has 10 heteroatoms. The van der Waals surface area contributed by atoms with Crippen molar-refractivity contribution in [1.29, 1.82) is 0 Å². The van der Waals surface area contributed by atoms with Gasteiger partial charge >= 0.3 is 0 Å². The fourth-order valence-corrected chi connectivity index (χ4v) is 4.80. The highest BCUT2D eigenvalue weighted by atomic mass is 32.2. The summed E-state index contributed by atoms with van der Waals surface area (Å²) in [5.41, 5.74) is 0.431. The van der Waals surface area contributed by atoms with E-state index in [1.165, 1.54) is 22.9 Å². The van der Waals surface area contributed by atoms with Gasteiger partial charge in [-0.3, -0.25) is 18.6 Å². The molecule has 0 saturated carbocycles. The van der Waals surface area contributed by atoms with Crippen molar-refractivity contribution in [3.63, 3.8) is 0 Å². The molecule has 1 aromatic heterocycles. The molecular formula is C22H25FN4O4S.